The molecule has 0 amide bonds. The Balaban J connectivity index is 2.11. The van der Waals surface area contributed by atoms with Gasteiger partial charge < -0.3 is 9.52 Å². The first-order chi connectivity index (χ1) is 8.75. The molecule has 2 aromatic heterocycles. The van der Waals surface area contributed by atoms with Gasteiger partial charge in [0.1, 0.15) is 12.0 Å². The molecule has 90 valence electrons. The van der Waals surface area contributed by atoms with Crippen molar-refractivity contribution in [1.29, 1.82) is 0 Å². The minimum absolute atomic E-state index is 0.116. The molecular formula is C12H9N3O3. The van der Waals surface area contributed by atoms with Crippen LogP contribution in [0.25, 0.3) is 5.84 Å². The smallest absolute Gasteiger partial charge is 0.373 e. The second-order valence-corrected chi connectivity index (χ2v) is 3.80. The largest absolute Gasteiger partial charge is 0.475 e. The zero-order valence-corrected chi connectivity index (χ0v) is 9.28. The highest BCUT2D eigenvalue weighted by molar-refractivity contribution is 5.86. The lowest BCUT2D eigenvalue weighted by molar-refractivity contribution is 0.0663. The summed E-state index contributed by atoms with van der Waals surface area (Å²) in [6.07, 6.45) is 1.76. The second kappa shape index (κ2) is 3.99. The molecule has 2 heterocycles. The van der Waals surface area contributed by atoms with Gasteiger partial charge in [0.05, 0.1) is 0 Å². The fourth-order valence-corrected chi connectivity index (χ4v) is 1.84. The number of carbonyl (C=O) groups is 1. The zero-order valence-electron chi connectivity index (χ0n) is 9.28. The number of oxazole rings is 1. The van der Waals surface area contributed by atoms with Crippen molar-refractivity contribution in [2.24, 2.45) is 0 Å². The van der Waals surface area contributed by atoms with Crippen LogP contribution in [0.2, 0.25) is 0 Å². The minimum Gasteiger partial charge on any atom is -0.475 e. The van der Waals surface area contributed by atoms with Crippen molar-refractivity contribution in [3.8, 4) is 0 Å². The normalized spacial score (nSPS) is 10.9. The van der Waals surface area contributed by atoms with E-state index in [1.54, 1.807) is 0 Å². The maximum absolute atomic E-state index is 11.1. The average Bonchev–Trinajstić information content (AvgIpc) is 2.93. The summed E-state index contributed by atoms with van der Waals surface area (Å²) in [6, 6.07) is 9.54. The van der Waals surface area contributed by atoms with E-state index in [9.17, 15) is 4.79 Å². The molecule has 0 atom stereocenters. The molecule has 0 saturated heterocycles. The van der Waals surface area contributed by atoms with Crippen LogP contribution in [-0.2, 0) is 6.42 Å². The van der Waals surface area contributed by atoms with Crippen molar-refractivity contribution in [3.05, 3.63) is 53.7 Å². The number of hydrogen-bond acceptors (Lipinski definition) is 4. The minimum atomic E-state index is -1.12. The molecule has 0 fully saturated rings. The number of carboxylic acids is 1. The van der Waals surface area contributed by atoms with Gasteiger partial charge in [-0.15, -0.1) is 0 Å². The van der Waals surface area contributed by atoms with E-state index >= 15 is 0 Å². The molecule has 0 aliphatic carbocycles. The van der Waals surface area contributed by atoms with Crippen LogP contribution in [0.5, 0.6) is 0 Å². The topological polar surface area (TPSA) is 80.6 Å². The van der Waals surface area contributed by atoms with Gasteiger partial charge in [0, 0.05) is 6.42 Å². The Kier molecular flexibility index (Phi) is 2.33. The summed E-state index contributed by atoms with van der Waals surface area (Å²) < 4.78 is 6.58. The lowest BCUT2D eigenvalue weighted by atomic mass is 10.1. The van der Waals surface area contributed by atoms with E-state index in [1.807, 2.05) is 30.3 Å². The SMILES string of the molecule is O=C(O)c1oc2ncnn2c1Cc1ccccc1. The first-order valence-electron chi connectivity index (χ1n) is 5.34. The number of carboxylic acid groups (broad SMARTS) is 1. The number of aromatic nitrogens is 3. The molecule has 1 N–H and O–H groups in total. The van der Waals surface area contributed by atoms with Crippen molar-refractivity contribution in [3.63, 3.8) is 0 Å². The average molecular weight is 243 g/mol. The molecule has 0 spiro atoms. The Hall–Kier alpha value is -2.63. The molecular weight excluding hydrogens is 234 g/mol. The predicted octanol–water partition coefficient (Wildman–Crippen LogP) is 1.61. The Morgan fingerprint density at radius 2 is 2.11 bits per heavy atom. The predicted molar refractivity (Wildman–Crippen MR) is 61.5 cm³/mol. The van der Waals surface area contributed by atoms with Crippen LogP contribution in [0.3, 0.4) is 0 Å². The fourth-order valence-electron chi connectivity index (χ4n) is 1.84. The van der Waals surface area contributed by atoms with E-state index in [0.717, 1.165) is 5.56 Å². The van der Waals surface area contributed by atoms with Crippen LogP contribution in [0.1, 0.15) is 21.8 Å². The highest BCUT2D eigenvalue weighted by Gasteiger charge is 2.21. The molecule has 3 rings (SSSR count). The van der Waals surface area contributed by atoms with Gasteiger partial charge in [-0.25, -0.2) is 4.79 Å². The van der Waals surface area contributed by atoms with Crippen LogP contribution in [0.15, 0.2) is 41.1 Å². The summed E-state index contributed by atoms with van der Waals surface area (Å²) in [6.45, 7) is 0. The zero-order chi connectivity index (χ0) is 12.5. The quantitative estimate of drug-likeness (QED) is 0.755. The number of rotatable bonds is 3. The molecule has 0 saturated carbocycles. The van der Waals surface area contributed by atoms with Crippen molar-refractivity contribution in [1.82, 2.24) is 14.6 Å². The molecule has 0 aliphatic heterocycles. The van der Waals surface area contributed by atoms with Crippen LogP contribution in [-0.4, -0.2) is 25.7 Å². The van der Waals surface area contributed by atoms with Gasteiger partial charge in [-0.05, 0) is 5.56 Å². The molecule has 3 aromatic rings. The Morgan fingerprint density at radius 3 is 2.83 bits per heavy atom. The molecule has 18 heavy (non-hydrogen) atoms. The highest BCUT2D eigenvalue weighted by Crippen LogP contribution is 2.18. The second-order valence-electron chi connectivity index (χ2n) is 3.80. The summed E-state index contributed by atoms with van der Waals surface area (Å²) >= 11 is 0. The van der Waals surface area contributed by atoms with Crippen molar-refractivity contribution in [2.45, 2.75) is 6.42 Å². The van der Waals surface area contributed by atoms with Gasteiger partial charge in [0.15, 0.2) is 0 Å². The Bertz CT molecular complexity index is 700. The molecule has 6 heteroatoms. The highest BCUT2D eigenvalue weighted by atomic mass is 16.4. The third kappa shape index (κ3) is 1.64. The van der Waals surface area contributed by atoms with Gasteiger partial charge >= 0.3 is 11.8 Å². The van der Waals surface area contributed by atoms with E-state index in [4.69, 9.17) is 9.52 Å². The van der Waals surface area contributed by atoms with Crippen molar-refractivity contribution < 1.29 is 14.3 Å². The number of fused-ring (bicyclic) bond motifs is 1. The van der Waals surface area contributed by atoms with E-state index in [1.165, 1.54) is 10.8 Å². The van der Waals surface area contributed by atoms with Crippen LogP contribution in [0, 0.1) is 0 Å². The summed E-state index contributed by atoms with van der Waals surface area (Å²) in [5.74, 6) is -1.04. The van der Waals surface area contributed by atoms with Gasteiger partial charge in [0.25, 0.3) is 0 Å². The van der Waals surface area contributed by atoms with Crippen molar-refractivity contribution in [2.75, 3.05) is 0 Å². The first-order valence-corrected chi connectivity index (χ1v) is 5.34. The van der Waals surface area contributed by atoms with Gasteiger partial charge in [-0.2, -0.15) is 14.6 Å². The number of hydrogen-bond donors (Lipinski definition) is 1. The number of nitrogens with zero attached hydrogens (tertiary/aromatic N) is 3. The lowest BCUT2D eigenvalue weighted by Gasteiger charge is -1.99. The third-order valence-corrected chi connectivity index (χ3v) is 2.64. The third-order valence-electron chi connectivity index (χ3n) is 2.64. The molecule has 0 unspecified atom stereocenters. The van der Waals surface area contributed by atoms with Crippen LogP contribution in [0.4, 0.5) is 0 Å². The van der Waals surface area contributed by atoms with E-state index in [0.29, 0.717) is 12.1 Å². The molecule has 0 radical (unpaired) electrons. The maximum atomic E-state index is 11.1. The molecule has 1 aromatic carbocycles. The van der Waals surface area contributed by atoms with E-state index in [-0.39, 0.29) is 11.6 Å². The van der Waals surface area contributed by atoms with E-state index in [2.05, 4.69) is 10.1 Å². The molecule has 0 aliphatic rings. The van der Waals surface area contributed by atoms with Crippen LogP contribution < -0.4 is 0 Å². The summed E-state index contributed by atoms with van der Waals surface area (Å²) in [5.41, 5.74) is 1.47. The standard InChI is InChI=1S/C12H9N3O3/c16-11(17)10-9(6-8-4-2-1-3-5-8)15-12(18-10)13-7-14-15/h1-5,7H,6H2,(H,16,17). The number of aromatic carboxylic acids is 1. The summed E-state index contributed by atoms with van der Waals surface area (Å²) in [7, 11) is 0. The van der Waals surface area contributed by atoms with Crippen LogP contribution >= 0.6 is 0 Å². The van der Waals surface area contributed by atoms with E-state index < -0.39 is 5.97 Å². The number of benzene rings is 1. The fraction of sp³-hybridized carbons (Fsp3) is 0.0833. The molecule has 6 nitrogen and oxygen atoms in total. The van der Waals surface area contributed by atoms with Gasteiger partial charge in [0.2, 0.25) is 5.76 Å². The maximum Gasteiger partial charge on any atom is 0.373 e. The Labute approximate surface area is 101 Å². The monoisotopic (exact) mass is 243 g/mol. The lowest BCUT2D eigenvalue weighted by Crippen LogP contribution is -2.04. The van der Waals surface area contributed by atoms with Gasteiger partial charge in [-0.3, -0.25) is 0 Å². The summed E-state index contributed by atoms with van der Waals surface area (Å²) in [4.78, 5) is 15.0. The Morgan fingerprint density at radius 1 is 1.33 bits per heavy atom. The van der Waals surface area contributed by atoms with Crippen molar-refractivity contribution >= 4 is 11.8 Å². The molecule has 0 bridgehead atoms. The summed E-state index contributed by atoms with van der Waals surface area (Å²) in [5, 5.41) is 13.1. The van der Waals surface area contributed by atoms with Gasteiger partial charge in [-0.1, -0.05) is 30.3 Å². The first kappa shape index (κ1) is 10.5.